The molecule has 2 N–H and O–H groups in total. The first-order chi connectivity index (χ1) is 6.75. The van der Waals surface area contributed by atoms with Gasteiger partial charge in [-0.05, 0) is 28.8 Å². The van der Waals surface area contributed by atoms with Crippen molar-refractivity contribution in [1.82, 2.24) is 0 Å². The van der Waals surface area contributed by atoms with Crippen LogP contribution < -0.4 is 5.73 Å². The predicted octanol–water partition coefficient (Wildman–Crippen LogP) is 2.90. The van der Waals surface area contributed by atoms with Crippen LogP contribution in [-0.4, -0.2) is 5.91 Å². The summed E-state index contributed by atoms with van der Waals surface area (Å²) in [4.78, 5) is 11.2. The first-order valence-corrected chi connectivity index (χ1v) is 6.01. The van der Waals surface area contributed by atoms with Crippen LogP contribution >= 0.6 is 11.3 Å². The lowest BCUT2D eigenvalue weighted by molar-refractivity contribution is -0.119. The highest BCUT2D eigenvalue weighted by Gasteiger charge is 2.17. The number of thiophene rings is 1. The van der Waals surface area contributed by atoms with E-state index in [0.29, 0.717) is 0 Å². The van der Waals surface area contributed by atoms with E-state index in [2.05, 4.69) is 6.92 Å². The van der Waals surface area contributed by atoms with Gasteiger partial charge in [-0.15, -0.1) is 0 Å². The number of carbonyl (C=O) groups excluding carboxylic acids is 1. The van der Waals surface area contributed by atoms with E-state index in [1.807, 2.05) is 16.8 Å². The summed E-state index contributed by atoms with van der Waals surface area (Å²) in [5.41, 5.74) is 6.46. The van der Waals surface area contributed by atoms with Gasteiger partial charge in [0.05, 0.1) is 5.92 Å². The summed E-state index contributed by atoms with van der Waals surface area (Å²) in [6.45, 7) is 2.16. The molecule has 1 heterocycles. The molecule has 0 spiro atoms. The largest absolute Gasteiger partial charge is 0.369 e. The van der Waals surface area contributed by atoms with Crippen molar-refractivity contribution in [1.29, 1.82) is 0 Å². The third-order valence-corrected chi connectivity index (χ3v) is 3.09. The maximum Gasteiger partial charge on any atom is 0.224 e. The van der Waals surface area contributed by atoms with Crippen LogP contribution in [0.4, 0.5) is 0 Å². The van der Waals surface area contributed by atoms with Gasteiger partial charge in [-0.3, -0.25) is 4.79 Å². The van der Waals surface area contributed by atoms with E-state index in [-0.39, 0.29) is 11.8 Å². The number of primary amides is 1. The van der Waals surface area contributed by atoms with E-state index in [9.17, 15) is 4.79 Å². The van der Waals surface area contributed by atoms with E-state index in [4.69, 9.17) is 5.73 Å². The van der Waals surface area contributed by atoms with Crippen molar-refractivity contribution in [3.8, 4) is 0 Å². The van der Waals surface area contributed by atoms with E-state index in [0.717, 1.165) is 18.4 Å². The molecule has 1 aromatic rings. The molecule has 3 heteroatoms. The lowest BCUT2D eigenvalue weighted by Crippen LogP contribution is -2.20. The fraction of sp³-hybridized carbons (Fsp3) is 0.545. The van der Waals surface area contributed by atoms with Gasteiger partial charge in [0.1, 0.15) is 0 Å². The zero-order valence-electron chi connectivity index (χ0n) is 8.53. The van der Waals surface area contributed by atoms with Crippen LogP contribution in [-0.2, 0) is 4.79 Å². The molecule has 0 fully saturated rings. The molecule has 0 aromatic carbocycles. The highest BCUT2D eigenvalue weighted by Crippen LogP contribution is 2.24. The minimum atomic E-state index is -0.195. The van der Waals surface area contributed by atoms with Gasteiger partial charge in [0, 0.05) is 0 Å². The molecule has 0 aliphatic rings. The Bertz CT molecular complexity index is 269. The minimum Gasteiger partial charge on any atom is -0.369 e. The number of hydrogen-bond acceptors (Lipinski definition) is 2. The second-order valence-corrected chi connectivity index (χ2v) is 4.29. The van der Waals surface area contributed by atoms with E-state index < -0.39 is 0 Å². The molecule has 1 amide bonds. The van der Waals surface area contributed by atoms with Crippen molar-refractivity contribution < 1.29 is 4.79 Å². The van der Waals surface area contributed by atoms with Crippen LogP contribution in [0.1, 0.15) is 44.1 Å². The molecule has 0 aliphatic carbocycles. The molecule has 1 aromatic heterocycles. The van der Waals surface area contributed by atoms with Gasteiger partial charge in [0.15, 0.2) is 0 Å². The summed E-state index contributed by atoms with van der Waals surface area (Å²) in [6, 6.07) is 1.99. The van der Waals surface area contributed by atoms with Gasteiger partial charge in [0.25, 0.3) is 0 Å². The van der Waals surface area contributed by atoms with Crippen molar-refractivity contribution in [2.45, 2.75) is 38.5 Å². The Morgan fingerprint density at radius 2 is 2.36 bits per heavy atom. The summed E-state index contributed by atoms with van der Waals surface area (Å²) in [7, 11) is 0. The van der Waals surface area contributed by atoms with Crippen molar-refractivity contribution in [2.24, 2.45) is 5.73 Å². The Kier molecular flexibility index (Phi) is 4.66. The number of amides is 1. The van der Waals surface area contributed by atoms with Gasteiger partial charge >= 0.3 is 0 Å². The number of unbranched alkanes of at least 4 members (excludes halogenated alkanes) is 2. The standard InChI is InChI=1S/C11H17NOS/c1-2-3-4-5-10(11(12)13)9-6-7-14-8-9/h6-8,10H,2-5H2,1H3,(H2,12,13). The normalized spacial score (nSPS) is 12.6. The van der Waals surface area contributed by atoms with Gasteiger partial charge in [-0.1, -0.05) is 26.2 Å². The maximum atomic E-state index is 11.2. The van der Waals surface area contributed by atoms with Gasteiger partial charge < -0.3 is 5.73 Å². The van der Waals surface area contributed by atoms with E-state index in [1.54, 1.807) is 11.3 Å². The van der Waals surface area contributed by atoms with Crippen molar-refractivity contribution in [3.05, 3.63) is 22.4 Å². The van der Waals surface area contributed by atoms with Crippen LogP contribution in [0.5, 0.6) is 0 Å². The number of rotatable bonds is 6. The van der Waals surface area contributed by atoms with E-state index >= 15 is 0 Å². The summed E-state index contributed by atoms with van der Waals surface area (Å²) >= 11 is 1.62. The molecule has 0 bridgehead atoms. The zero-order valence-corrected chi connectivity index (χ0v) is 9.35. The van der Waals surface area contributed by atoms with E-state index in [1.165, 1.54) is 12.8 Å². The summed E-state index contributed by atoms with van der Waals surface area (Å²) in [5, 5.41) is 4.01. The van der Waals surface area contributed by atoms with Gasteiger partial charge in [-0.25, -0.2) is 0 Å². The van der Waals surface area contributed by atoms with Crippen LogP contribution in [0.25, 0.3) is 0 Å². The zero-order chi connectivity index (χ0) is 10.4. The Hall–Kier alpha value is -0.830. The first kappa shape index (κ1) is 11.2. The highest BCUT2D eigenvalue weighted by molar-refractivity contribution is 7.08. The van der Waals surface area contributed by atoms with Crippen molar-refractivity contribution >= 4 is 17.2 Å². The molecule has 14 heavy (non-hydrogen) atoms. The Labute approximate surface area is 89.1 Å². The Balaban J connectivity index is 2.52. The summed E-state index contributed by atoms with van der Waals surface area (Å²) in [5.74, 6) is -0.271. The third-order valence-electron chi connectivity index (χ3n) is 2.39. The fourth-order valence-electron chi connectivity index (χ4n) is 1.54. The monoisotopic (exact) mass is 211 g/mol. The van der Waals surface area contributed by atoms with Crippen LogP contribution in [0.2, 0.25) is 0 Å². The topological polar surface area (TPSA) is 43.1 Å². The molecule has 0 saturated carbocycles. The van der Waals surface area contributed by atoms with Crippen LogP contribution in [0.3, 0.4) is 0 Å². The summed E-state index contributed by atoms with van der Waals surface area (Å²) < 4.78 is 0. The molecule has 1 rings (SSSR count). The maximum absolute atomic E-state index is 11.2. The average molecular weight is 211 g/mol. The van der Waals surface area contributed by atoms with Crippen molar-refractivity contribution in [3.63, 3.8) is 0 Å². The van der Waals surface area contributed by atoms with Gasteiger partial charge in [0.2, 0.25) is 5.91 Å². The molecule has 0 saturated heterocycles. The highest BCUT2D eigenvalue weighted by atomic mass is 32.1. The molecule has 78 valence electrons. The van der Waals surface area contributed by atoms with Gasteiger partial charge in [-0.2, -0.15) is 11.3 Å². The smallest absolute Gasteiger partial charge is 0.224 e. The quantitative estimate of drug-likeness (QED) is 0.722. The summed E-state index contributed by atoms with van der Waals surface area (Å²) in [6.07, 6.45) is 4.32. The number of carbonyl (C=O) groups is 1. The molecule has 1 atom stereocenters. The molecule has 0 aliphatic heterocycles. The SMILES string of the molecule is CCCCCC(C(N)=O)c1ccsc1. The molecular weight excluding hydrogens is 194 g/mol. The second-order valence-electron chi connectivity index (χ2n) is 3.51. The number of nitrogens with two attached hydrogens (primary N) is 1. The fourth-order valence-corrected chi connectivity index (χ4v) is 2.26. The second kappa shape index (κ2) is 5.81. The molecule has 2 nitrogen and oxygen atoms in total. The minimum absolute atomic E-state index is 0.0761. The first-order valence-electron chi connectivity index (χ1n) is 5.07. The van der Waals surface area contributed by atoms with Crippen LogP contribution in [0.15, 0.2) is 16.8 Å². The van der Waals surface area contributed by atoms with Crippen LogP contribution in [0, 0.1) is 0 Å². The van der Waals surface area contributed by atoms with Crippen molar-refractivity contribution in [2.75, 3.05) is 0 Å². The Morgan fingerprint density at radius 3 is 2.86 bits per heavy atom. The predicted molar refractivity (Wildman–Crippen MR) is 60.4 cm³/mol. The molecule has 0 radical (unpaired) electrons. The lowest BCUT2D eigenvalue weighted by atomic mass is 9.95. The Morgan fingerprint density at radius 1 is 1.57 bits per heavy atom. The molecule has 1 unspecified atom stereocenters. The number of hydrogen-bond donors (Lipinski definition) is 1. The average Bonchev–Trinajstić information content (AvgIpc) is 2.64. The third kappa shape index (κ3) is 3.14. The molecular formula is C11H17NOS. The lowest BCUT2D eigenvalue weighted by Gasteiger charge is -2.10.